The molecule has 1 fully saturated rings. The molecule has 0 aliphatic carbocycles. The van der Waals surface area contributed by atoms with Gasteiger partial charge in [0.1, 0.15) is 5.82 Å². The summed E-state index contributed by atoms with van der Waals surface area (Å²) in [6.07, 6.45) is -2.16. The van der Waals surface area contributed by atoms with Crippen LogP contribution in [0.5, 0.6) is 11.5 Å². The number of carbonyl (C=O) groups excluding carboxylic acids is 1. The molecular formula is C22H24F4N2O3. The van der Waals surface area contributed by atoms with Gasteiger partial charge in [-0.1, -0.05) is 12.1 Å². The maximum atomic E-state index is 13.3. The summed E-state index contributed by atoms with van der Waals surface area (Å²) in [4.78, 5) is 14.2. The van der Waals surface area contributed by atoms with Gasteiger partial charge in [-0.3, -0.25) is 0 Å². The molecule has 1 aliphatic heterocycles. The number of urea groups is 1. The minimum absolute atomic E-state index is 0.105. The van der Waals surface area contributed by atoms with E-state index in [0.29, 0.717) is 24.7 Å². The first kappa shape index (κ1) is 22.7. The van der Waals surface area contributed by atoms with Crippen molar-refractivity contribution < 1.29 is 31.8 Å². The Morgan fingerprint density at radius 1 is 1.13 bits per heavy atom. The molecule has 0 saturated carbocycles. The average molecular weight is 440 g/mol. The van der Waals surface area contributed by atoms with Crippen LogP contribution in [0.2, 0.25) is 0 Å². The van der Waals surface area contributed by atoms with Crippen molar-refractivity contribution in [3.8, 4) is 11.5 Å². The number of carbonyl (C=O) groups is 1. The Morgan fingerprint density at radius 2 is 1.87 bits per heavy atom. The lowest BCUT2D eigenvalue weighted by Gasteiger charge is -2.32. The molecule has 0 bridgehead atoms. The van der Waals surface area contributed by atoms with E-state index in [1.807, 2.05) is 6.07 Å². The summed E-state index contributed by atoms with van der Waals surface area (Å²) in [5.74, 6) is 0.133. The number of anilines is 1. The third-order valence-corrected chi connectivity index (χ3v) is 5.12. The number of amides is 2. The first-order chi connectivity index (χ1) is 14.7. The lowest BCUT2D eigenvalue weighted by atomic mass is 9.90. The van der Waals surface area contributed by atoms with Gasteiger partial charge in [-0.05, 0) is 55.0 Å². The van der Waals surface area contributed by atoms with Crippen molar-refractivity contribution in [1.82, 2.24) is 4.90 Å². The summed E-state index contributed by atoms with van der Waals surface area (Å²) in [6, 6.07) is 10.5. The summed E-state index contributed by atoms with van der Waals surface area (Å²) in [7, 11) is 1.32. The van der Waals surface area contributed by atoms with Crippen LogP contribution in [0, 0.1) is 11.7 Å². The molecule has 1 saturated heterocycles. The highest BCUT2D eigenvalue weighted by atomic mass is 19.4. The molecule has 1 heterocycles. The Morgan fingerprint density at radius 3 is 2.52 bits per heavy atom. The van der Waals surface area contributed by atoms with Gasteiger partial charge in [0, 0.05) is 24.8 Å². The predicted molar refractivity (Wildman–Crippen MR) is 108 cm³/mol. The van der Waals surface area contributed by atoms with Gasteiger partial charge in [-0.15, -0.1) is 0 Å². The van der Waals surface area contributed by atoms with Crippen LogP contribution in [0.3, 0.4) is 0 Å². The number of alkyl halides is 3. The summed E-state index contributed by atoms with van der Waals surface area (Å²) >= 11 is 0. The van der Waals surface area contributed by atoms with E-state index in [-0.39, 0.29) is 23.3 Å². The monoisotopic (exact) mass is 440 g/mol. The van der Waals surface area contributed by atoms with Crippen molar-refractivity contribution in [2.75, 3.05) is 32.1 Å². The van der Waals surface area contributed by atoms with E-state index in [9.17, 15) is 22.4 Å². The highest BCUT2D eigenvalue weighted by Crippen LogP contribution is 2.32. The molecule has 2 aromatic rings. The lowest BCUT2D eigenvalue weighted by molar-refractivity contribution is -0.153. The van der Waals surface area contributed by atoms with Gasteiger partial charge in [0.25, 0.3) is 0 Å². The summed E-state index contributed by atoms with van der Waals surface area (Å²) in [5, 5.41) is 2.69. The maximum Gasteiger partial charge on any atom is 0.422 e. The molecule has 0 unspecified atom stereocenters. The van der Waals surface area contributed by atoms with Gasteiger partial charge in [0.05, 0.1) is 7.11 Å². The van der Waals surface area contributed by atoms with Crippen LogP contribution >= 0.6 is 0 Å². The quantitative estimate of drug-likeness (QED) is 0.624. The van der Waals surface area contributed by atoms with Gasteiger partial charge in [-0.25, -0.2) is 9.18 Å². The van der Waals surface area contributed by atoms with Crippen molar-refractivity contribution in [2.45, 2.75) is 25.4 Å². The van der Waals surface area contributed by atoms with Gasteiger partial charge < -0.3 is 19.7 Å². The third kappa shape index (κ3) is 6.77. The van der Waals surface area contributed by atoms with Gasteiger partial charge >= 0.3 is 12.2 Å². The second-order valence-electron chi connectivity index (χ2n) is 7.46. The average Bonchev–Trinajstić information content (AvgIpc) is 2.72. The van der Waals surface area contributed by atoms with Crippen molar-refractivity contribution in [3.63, 3.8) is 0 Å². The van der Waals surface area contributed by atoms with Gasteiger partial charge in [0.15, 0.2) is 18.1 Å². The second kappa shape index (κ2) is 9.89. The Kier molecular flexibility index (Phi) is 7.25. The van der Waals surface area contributed by atoms with Crippen LogP contribution in [0.4, 0.5) is 28.0 Å². The fourth-order valence-electron chi connectivity index (χ4n) is 3.57. The Bertz CT molecular complexity index is 897. The number of ether oxygens (including phenoxy) is 2. The van der Waals surface area contributed by atoms with Gasteiger partial charge in [-0.2, -0.15) is 13.2 Å². The zero-order valence-corrected chi connectivity index (χ0v) is 17.0. The van der Waals surface area contributed by atoms with Crippen molar-refractivity contribution in [2.24, 2.45) is 5.92 Å². The molecule has 1 N–H and O–H groups in total. The number of benzene rings is 2. The predicted octanol–water partition coefficient (Wildman–Crippen LogP) is 5.26. The summed E-state index contributed by atoms with van der Waals surface area (Å²) in [6.45, 7) is -0.377. The third-order valence-electron chi connectivity index (χ3n) is 5.12. The maximum absolute atomic E-state index is 13.3. The van der Waals surface area contributed by atoms with E-state index in [1.54, 1.807) is 11.0 Å². The number of nitrogens with one attached hydrogen (secondary N) is 1. The van der Waals surface area contributed by atoms with E-state index in [2.05, 4.69) is 5.32 Å². The van der Waals surface area contributed by atoms with E-state index in [0.717, 1.165) is 24.8 Å². The van der Waals surface area contributed by atoms with Gasteiger partial charge in [0.2, 0.25) is 0 Å². The Labute approximate surface area is 177 Å². The zero-order valence-electron chi connectivity index (χ0n) is 17.0. The zero-order chi connectivity index (χ0) is 22.4. The highest BCUT2D eigenvalue weighted by Gasteiger charge is 2.29. The number of piperidine rings is 1. The molecule has 3 rings (SSSR count). The van der Waals surface area contributed by atoms with Crippen molar-refractivity contribution in [1.29, 1.82) is 0 Å². The van der Waals surface area contributed by atoms with Crippen LogP contribution in [0.25, 0.3) is 0 Å². The van der Waals surface area contributed by atoms with E-state index in [1.165, 1.54) is 37.4 Å². The first-order valence-corrected chi connectivity index (χ1v) is 9.91. The number of likely N-dealkylation sites (tertiary alicyclic amines) is 1. The molecule has 0 atom stereocenters. The number of hydrogen-bond acceptors (Lipinski definition) is 3. The highest BCUT2D eigenvalue weighted by molar-refractivity contribution is 5.89. The second-order valence-corrected chi connectivity index (χ2v) is 7.46. The lowest BCUT2D eigenvalue weighted by Crippen LogP contribution is -2.41. The van der Waals surface area contributed by atoms with E-state index in [4.69, 9.17) is 9.47 Å². The van der Waals surface area contributed by atoms with Crippen LogP contribution in [0.15, 0.2) is 42.5 Å². The molecule has 9 heteroatoms. The smallest absolute Gasteiger partial charge is 0.422 e. The molecule has 0 spiro atoms. The molecule has 168 valence electrons. The molecule has 31 heavy (non-hydrogen) atoms. The van der Waals surface area contributed by atoms with Crippen molar-refractivity contribution in [3.05, 3.63) is 53.8 Å². The fourth-order valence-corrected chi connectivity index (χ4v) is 3.57. The minimum atomic E-state index is -4.49. The molecular weight excluding hydrogens is 416 g/mol. The topological polar surface area (TPSA) is 50.8 Å². The molecule has 2 aromatic carbocycles. The Balaban J connectivity index is 1.54. The van der Waals surface area contributed by atoms with Crippen LogP contribution in [0.1, 0.15) is 18.4 Å². The SMILES string of the molecule is COc1ccc(NC(=O)N2CCC(Cc3cccc(F)c3)CC2)cc1OCC(F)(F)F. The van der Waals surface area contributed by atoms with E-state index < -0.39 is 12.8 Å². The number of halogens is 4. The van der Waals surface area contributed by atoms with Crippen LogP contribution in [-0.4, -0.2) is 43.9 Å². The van der Waals surface area contributed by atoms with Crippen LogP contribution < -0.4 is 14.8 Å². The minimum Gasteiger partial charge on any atom is -0.493 e. The molecule has 0 radical (unpaired) electrons. The fraction of sp³-hybridized carbons (Fsp3) is 0.409. The Hall–Kier alpha value is -2.97. The number of methoxy groups -OCH3 is 1. The summed E-state index contributed by atoms with van der Waals surface area (Å²) in [5.41, 5.74) is 1.25. The summed E-state index contributed by atoms with van der Waals surface area (Å²) < 4.78 is 60.5. The largest absolute Gasteiger partial charge is 0.493 e. The number of hydrogen-bond donors (Lipinski definition) is 1. The normalized spacial score (nSPS) is 14.9. The number of rotatable bonds is 6. The first-order valence-electron chi connectivity index (χ1n) is 9.91. The standard InChI is InChI=1S/C22H24F4N2O3/c1-30-19-6-5-18(13-20(19)31-14-22(24,25)26)27-21(29)28-9-7-15(8-10-28)11-16-3-2-4-17(23)12-16/h2-6,12-13,15H,7-11,14H2,1H3,(H,27,29). The van der Waals surface area contributed by atoms with Crippen LogP contribution in [-0.2, 0) is 6.42 Å². The number of nitrogens with zero attached hydrogens (tertiary/aromatic N) is 1. The molecule has 1 aliphatic rings. The van der Waals surface area contributed by atoms with E-state index >= 15 is 0 Å². The van der Waals surface area contributed by atoms with Crippen molar-refractivity contribution >= 4 is 11.7 Å². The molecule has 0 aromatic heterocycles. The molecule has 2 amide bonds. The molecule has 5 nitrogen and oxygen atoms in total.